The van der Waals surface area contributed by atoms with Crippen LogP contribution >= 0.6 is 0 Å². The highest BCUT2D eigenvalue weighted by Crippen LogP contribution is 2.13. The quantitative estimate of drug-likeness (QED) is 0.490. The zero-order chi connectivity index (χ0) is 15.0. The summed E-state index contributed by atoms with van der Waals surface area (Å²) in [6, 6.07) is 8.61. The van der Waals surface area contributed by atoms with Crippen LogP contribution in [0, 0.1) is 11.3 Å². The summed E-state index contributed by atoms with van der Waals surface area (Å²) in [5.41, 5.74) is 6.66. The fraction of sp³-hybridized carbons (Fsp3) is 0.143. The first-order valence-corrected chi connectivity index (χ1v) is 6.31. The number of nitrogens with two attached hydrogens (primary N) is 1. The second-order valence-corrected chi connectivity index (χ2v) is 4.51. The van der Waals surface area contributed by atoms with Crippen LogP contribution in [-0.4, -0.2) is 21.1 Å². The Kier molecular flexibility index (Phi) is 3.01. The summed E-state index contributed by atoms with van der Waals surface area (Å²) >= 11 is 0. The van der Waals surface area contributed by atoms with E-state index in [9.17, 15) is 9.90 Å². The van der Waals surface area contributed by atoms with Gasteiger partial charge in [0.1, 0.15) is 17.0 Å². The summed E-state index contributed by atoms with van der Waals surface area (Å²) in [5.74, 6) is 0.186. The zero-order valence-corrected chi connectivity index (χ0v) is 11.0. The molecular formula is C14H12N5O2+. The highest BCUT2D eigenvalue weighted by atomic mass is 16.3. The van der Waals surface area contributed by atoms with Crippen LogP contribution < -0.4 is 15.9 Å². The second-order valence-electron chi connectivity index (χ2n) is 4.51. The Morgan fingerprint density at radius 3 is 3.00 bits per heavy atom. The molecule has 0 amide bonds. The van der Waals surface area contributed by atoms with Crippen molar-refractivity contribution in [3.8, 4) is 6.07 Å². The zero-order valence-electron chi connectivity index (χ0n) is 11.0. The molecule has 21 heavy (non-hydrogen) atoms. The number of aromatic nitrogens is 3. The van der Waals surface area contributed by atoms with E-state index in [1.165, 1.54) is 15.0 Å². The molecule has 7 heteroatoms. The normalized spacial score (nSPS) is 10.9. The van der Waals surface area contributed by atoms with Gasteiger partial charge in [-0.3, -0.25) is 9.20 Å². The van der Waals surface area contributed by atoms with Gasteiger partial charge in [0.25, 0.3) is 11.2 Å². The largest absolute Gasteiger partial charge is 0.393 e. The Bertz CT molecular complexity index is 955. The Balaban J connectivity index is 2.56. The highest BCUT2D eigenvalue weighted by molar-refractivity contribution is 5.76. The number of anilines is 1. The van der Waals surface area contributed by atoms with Gasteiger partial charge in [0.15, 0.2) is 0 Å². The van der Waals surface area contributed by atoms with Crippen LogP contribution in [-0.2, 0) is 6.54 Å². The average molecular weight is 282 g/mol. The molecule has 0 unspecified atom stereocenters. The first-order chi connectivity index (χ1) is 10.2. The standard InChI is InChI=1S/C14H11N5O2/c15-8-9-7-10-13(19(5-6-20)12(9)16)17-11-3-1-2-4-18(11)14(10)21/h1-4,7,16,20H,5-6H2/p+1. The third kappa shape index (κ3) is 1.89. The first-order valence-electron chi connectivity index (χ1n) is 6.31. The van der Waals surface area contributed by atoms with Crippen LogP contribution in [0.2, 0.25) is 0 Å². The summed E-state index contributed by atoms with van der Waals surface area (Å²) in [5, 5.41) is 18.6. The lowest BCUT2D eigenvalue weighted by molar-refractivity contribution is -0.660. The number of aliphatic hydroxyl groups is 1. The monoisotopic (exact) mass is 282 g/mol. The third-order valence-electron chi connectivity index (χ3n) is 3.30. The SMILES string of the molecule is N#Cc1cc2c(=O)n3ccccc3nc2[n+](CCO)c1N. The fourth-order valence-corrected chi connectivity index (χ4v) is 2.32. The van der Waals surface area contributed by atoms with Crippen LogP contribution in [0.3, 0.4) is 0 Å². The van der Waals surface area contributed by atoms with Gasteiger partial charge in [0.05, 0.1) is 13.2 Å². The lowest BCUT2D eigenvalue weighted by Crippen LogP contribution is -2.42. The number of hydrogen-bond acceptors (Lipinski definition) is 5. The molecule has 0 aromatic carbocycles. The lowest BCUT2D eigenvalue weighted by atomic mass is 10.2. The number of pyridine rings is 2. The molecule has 3 rings (SSSR count). The molecule has 3 heterocycles. The van der Waals surface area contributed by atoms with Gasteiger partial charge in [0, 0.05) is 6.20 Å². The fourth-order valence-electron chi connectivity index (χ4n) is 2.32. The predicted octanol–water partition coefficient (Wildman–Crippen LogP) is -0.419. The van der Waals surface area contributed by atoms with E-state index in [0.29, 0.717) is 11.3 Å². The van der Waals surface area contributed by atoms with E-state index in [-0.39, 0.29) is 35.5 Å². The molecule has 0 aliphatic carbocycles. The number of nitrogen functional groups attached to an aromatic ring is 1. The van der Waals surface area contributed by atoms with Crippen molar-refractivity contribution >= 4 is 22.5 Å². The summed E-state index contributed by atoms with van der Waals surface area (Å²) in [6.07, 6.45) is 1.61. The maximum atomic E-state index is 12.5. The van der Waals surface area contributed by atoms with Gasteiger partial charge in [-0.15, -0.1) is 0 Å². The van der Waals surface area contributed by atoms with E-state index in [1.807, 2.05) is 6.07 Å². The van der Waals surface area contributed by atoms with E-state index in [1.54, 1.807) is 24.4 Å². The van der Waals surface area contributed by atoms with E-state index < -0.39 is 0 Å². The lowest BCUT2D eigenvalue weighted by Gasteiger charge is -2.07. The van der Waals surface area contributed by atoms with Crippen LogP contribution in [0.25, 0.3) is 16.7 Å². The minimum atomic E-state index is -0.279. The molecule has 104 valence electrons. The van der Waals surface area contributed by atoms with E-state index in [0.717, 1.165) is 0 Å². The Labute approximate surface area is 119 Å². The number of nitrogens with zero attached hydrogens (tertiary/aromatic N) is 4. The molecule has 3 aromatic heterocycles. The molecule has 0 radical (unpaired) electrons. The van der Waals surface area contributed by atoms with Crippen molar-refractivity contribution < 1.29 is 9.67 Å². The van der Waals surface area contributed by atoms with E-state index in [2.05, 4.69) is 4.98 Å². The molecule has 0 fully saturated rings. The Morgan fingerprint density at radius 1 is 1.48 bits per heavy atom. The third-order valence-corrected chi connectivity index (χ3v) is 3.30. The smallest absolute Gasteiger partial charge is 0.278 e. The number of rotatable bonds is 2. The van der Waals surface area contributed by atoms with Gasteiger partial charge < -0.3 is 10.8 Å². The van der Waals surface area contributed by atoms with Gasteiger partial charge in [-0.1, -0.05) is 11.1 Å². The summed E-state index contributed by atoms with van der Waals surface area (Å²) < 4.78 is 2.89. The maximum absolute atomic E-state index is 12.5. The van der Waals surface area contributed by atoms with Gasteiger partial charge in [-0.25, -0.2) is 4.57 Å². The molecule has 0 spiro atoms. The van der Waals surface area contributed by atoms with Crippen LogP contribution in [0.4, 0.5) is 5.82 Å². The Hall–Kier alpha value is -2.98. The molecule has 0 saturated heterocycles. The molecule has 7 nitrogen and oxygen atoms in total. The molecule has 3 aromatic rings. The molecule has 0 aliphatic rings. The van der Waals surface area contributed by atoms with Crippen molar-refractivity contribution in [3.05, 3.63) is 46.4 Å². The predicted molar refractivity (Wildman–Crippen MR) is 75.4 cm³/mol. The molecular weight excluding hydrogens is 270 g/mol. The number of hydrogen-bond donors (Lipinski definition) is 2. The van der Waals surface area contributed by atoms with Crippen LogP contribution in [0.5, 0.6) is 0 Å². The van der Waals surface area contributed by atoms with Crippen molar-refractivity contribution in [1.82, 2.24) is 9.38 Å². The number of nitriles is 1. The van der Waals surface area contributed by atoms with Gasteiger partial charge in [-0.05, 0) is 18.2 Å². The number of aliphatic hydroxyl groups excluding tert-OH is 1. The topological polar surface area (TPSA) is 108 Å². The molecule has 0 atom stereocenters. The summed E-state index contributed by atoms with van der Waals surface area (Å²) in [7, 11) is 0. The van der Waals surface area contributed by atoms with Crippen molar-refractivity contribution in [3.63, 3.8) is 0 Å². The van der Waals surface area contributed by atoms with Gasteiger partial charge in [0.2, 0.25) is 11.5 Å². The molecule has 3 N–H and O–H groups in total. The Morgan fingerprint density at radius 2 is 2.29 bits per heavy atom. The average Bonchev–Trinajstić information content (AvgIpc) is 2.51. The van der Waals surface area contributed by atoms with Crippen LogP contribution in [0.1, 0.15) is 5.56 Å². The molecule has 0 bridgehead atoms. The maximum Gasteiger partial charge on any atom is 0.278 e. The molecule has 0 aliphatic heterocycles. The van der Waals surface area contributed by atoms with Crippen molar-refractivity contribution in [1.29, 1.82) is 5.26 Å². The van der Waals surface area contributed by atoms with Gasteiger partial charge >= 0.3 is 0 Å². The molecule has 0 saturated carbocycles. The highest BCUT2D eigenvalue weighted by Gasteiger charge is 2.20. The van der Waals surface area contributed by atoms with Gasteiger partial charge in [-0.2, -0.15) is 5.26 Å². The number of fused-ring (bicyclic) bond motifs is 2. The van der Waals surface area contributed by atoms with E-state index in [4.69, 9.17) is 11.0 Å². The van der Waals surface area contributed by atoms with Crippen LogP contribution in [0.15, 0.2) is 35.3 Å². The van der Waals surface area contributed by atoms with E-state index >= 15 is 0 Å². The summed E-state index contributed by atoms with van der Waals surface area (Å²) in [4.78, 5) is 16.9. The van der Waals surface area contributed by atoms with Crippen molar-refractivity contribution in [2.45, 2.75) is 6.54 Å². The minimum absolute atomic E-state index is 0.160. The van der Waals surface area contributed by atoms with Crippen molar-refractivity contribution in [2.75, 3.05) is 12.3 Å². The first kappa shape index (κ1) is 13.0. The minimum Gasteiger partial charge on any atom is -0.393 e. The van der Waals surface area contributed by atoms with Crippen molar-refractivity contribution in [2.24, 2.45) is 0 Å². The summed E-state index contributed by atoms with van der Waals surface area (Å²) in [6.45, 7) is -0.0119. The second kappa shape index (κ2) is 4.85.